The van der Waals surface area contributed by atoms with Gasteiger partial charge in [-0.3, -0.25) is 9.78 Å². The van der Waals surface area contributed by atoms with Crippen LogP contribution >= 0.6 is 0 Å². The predicted molar refractivity (Wildman–Crippen MR) is 151 cm³/mol. The molecule has 11 heteroatoms. The number of ether oxygens (including phenoxy) is 1. The van der Waals surface area contributed by atoms with E-state index in [4.69, 9.17) is 23.3 Å². The number of anilines is 1. The van der Waals surface area contributed by atoms with Gasteiger partial charge in [0.05, 0.1) is 25.6 Å². The van der Waals surface area contributed by atoms with E-state index in [0.717, 1.165) is 35.2 Å². The van der Waals surface area contributed by atoms with Gasteiger partial charge in [0.2, 0.25) is 5.91 Å². The smallest absolute Gasteiger partial charge is 0.248 e. The average Bonchev–Trinajstić information content (AvgIpc) is 3.53. The number of carbonyl (C=O) groups excluding carboxylic acids is 1. The standard InChI is InChI=1S/C29H31BN6O4/c1-29(10-19-5-6-20(11-29)35(19)24(39)15-38)26-25(30)27(31)36-28(34-26)21(13-33-36)17-3-7-22(32-12-17)16-4-8-23(40-2)18(9-16)14-37/h3-4,7-9,12-13,19-20,37-38H,5-6,10-11,14-15,31H2,1-2H3. The van der Waals surface area contributed by atoms with Crippen molar-refractivity contribution in [1.29, 1.82) is 0 Å². The fourth-order valence-corrected chi connectivity index (χ4v) is 6.64. The summed E-state index contributed by atoms with van der Waals surface area (Å²) in [5.41, 5.74) is 11.7. The fraction of sp³-hybridized carbons (Fsp3) is 0.379. The minimum atomic E-state index is -0.476. The van der Waals surface area contributed by atoms with Gasteiger partial charge in [-0.15, -0.1) is 0 Å². The normalized spacial score (nSPS) is 22.1. The zero-order valence-corrected chi connectivity index (χ0v) is 22.5. The molecule has 0 saturated carbocycles. The van der Waals surface area contributed by atoms with Crippen LogP contribution in [0.5, 0.6) is 5.75 Å². The molecule has 6 rings (SSSR count). The van der Waals surface area contributed by atoms with Crippen molar-refractivity contribution < 1.29 is 19.7 Å². The highest BCUT2D eigenvalue weighted by molar-refractivity contribution is 6.36. The summed E-state index contributed by atoms with van der Waals surface area (Å²) < 4.78 is 6.86. The number of hydrogen-bond acceptors (Lipinski definition) is 8. The summed E-state index contributed by atoms with van der Waals surface area (Å²) in [6.45, 7) is 1.53. The summed E-state index contributed by atoms with van der Waals surface area (Å²) in [5.74, 6) is 0.732. The van der Waals surface area contributed by atoms with Gasteiger partial charge in [-0.1, -0.05) is 13.0 Å². The van der Waals surface area contributed by atoms with E-state index in [-0.39, 0.29) is 30.0 Å². The molecule has 1 aromatic carbocycles. The largest absolute Gasteiger partial charge is 0.496 e. The second-order valence-electron chi connectivity index (χ2n) is 11.0. The second kappa shape index (κ2) is 9.90. The number of nitrogens with zero attached hydrogens (tertiary/aromatic N) is 5. The van der Waals surface area contributed by atoms with Crippen LogP contribution in [0.3, 0.4) is 0 Å². The molecule has 4 N–H and O–H groups in total. The Bertz CT molecular complexity index is 1590. The summed E-state index contributed by atoms with van der Waals surface area (Å²) in [6.07, 6.45) is 6.66. The number of fused-ring (bicyclic) bond motifs is 3. The molecule has 2 unspecified atom stereocenters. The third-order valence-corrected chi connectivity index (χ3v) is 8.53. The SMILES string of the molecule is [B]c1c(C2(C)CC3CCC(C2)N3C(=O)CO)nc2c(-c3ccc(-c4ccc(OC)c(CO)c4)nc3)cnn2c1N. The number of pyridine rings is 1. The Morgan fingerprint density at radius 3 is 2.50 bits per heavy atom. The van der Waals surface area contributed by atoms with Crippen molar-refractivity contribution in [2.24, 2.45) is 0 Å². The maximum atomic E-state index is 12.4. The lowest BCUT2D eigenvalue weighted by atomic mass is 9.70. The van der Waals surface area contributed by atoms with Crippen LogP contribution in [0, 0.1) is 0 Å². The highest BCUT2D eigenvalue weighted by Gasteiger charge is 2.49. The van der Waals surface area contributed by atoms with E-state index < -0.39 is 6.61 Å². The van der Waals surface area contributed by atoms with Crippen LogP contribution in [0.4, 0.5) is 5.82 Å². The second-order valence-corrected chi connectivity index (χ2v) is 11.0. The number of benzene rings is 1. The highest BCUT2D eigenvalue weighted by Crippen LogP contribution is 2.46. The van der Waals surface area contributed by atoms with Gasteiger partial charge < -0.3 is 25.6 Å². The molecule has 40 heavy (non-hydrogen) atoms. The number of aliphatic hydroxyl groups is 2. The Hall–Kier alpha value is -3.96. The number of nitrogen functional groups attached to an aromatic ring is 1. The molecule has 0 aliphatic carbocycles. The number of aromatic nitrogens is 4. The monoisotopic (exact) mass is 538 g/mol. The molecule has 2 saturated heterocycles. The molecule has 4 aromatic rings. The molecular weight excluding hydrogens is 507 g/mol. The topological polar surface area (TPSA) is 139 Å². The maximum Gasteiger partial charge on any atom is 0.248 e. The average molecular weight is 538 g/mol. The first kappa shape index (κ1) is 26.3. The van der Waals surface area contributed by atoms with Crippen LogP contribution < -0.4 is 15.9 Å². The fourth-order valence-electron chi connectivity index (χ4n) is 6.64. The number of piperidine rings is 1. The van der Waals surface area contributed by atoms with Gasteiger partial charge >= 0.3 is 0 Å². The molecule has 204 valence electrons. The molecular formula is C29H31BN6O4. The van der Waals surface area contributed by atoms with E-state index in [1.165, 1.54) is 0 Å². The summed E-state index contributed by atoms with van der Waals surface area (Å²) in [7, 11) is 8.14. The Morgan fingerprint density at radius 1 is 1.15 bits per heavy atom. The van der Waals surface area contributed by atoms with Crippen LogP contribution in [-0.2, 0) is 16.8 Å². The first-order chi connectivity index (χ1) is 19.3. The number of methoxy groups -OCH3 is 1. The molecule has 2 aliphatic heterocycles. The number of hydrogen-bond donors (Lipinski definition) is 3. The van der Waals surface area contributed by atoms with Gasteiger partial charge in [-0.2, -0.15) is 9.61 Å². The lowest BCUT2D eigenvalue weighted by molar-refractivity contribution is -0.139. The van der Waals surface area contributed by atoms with Crippen molar-refractivity contribution >= 4 is 30.7 Å². The lowest BCUT2D eigenvalue weighted by Gasteiger charge is -2.45. The zero-order valence-electron chi connectivity index (χ0n) is 22.5. The van der Waals surface area contributed by atoms with Gasteiger partial charge in [-0.25, -0.2) is 4.98 Å². The number of amides is 1. The lowest BCUT2D eigenvalue weighted by Crippen LogP contribution is -2.53. The van der Waals surface area contributed by atoms with Gasteiger partial charge in [0.1, 0.15) is 26.0 Å². The first-order valence-electron chi connectivity index (χ1n) is 13.4. The summed E-state index contributed by atoms with van der Waals surface area (Å²) >= 11 is 0. The van der Waals surface area contributed by atoms with Gasteiger partial charge in [0, 0.05) is 51.6 Å². The Morgan fingerprint density at radius 2 is 1.88 bits per heavy atom. The quantitative estimate of drug-likeness (QED) is 0.316. The van der Waals surface area contributed by atoms with E-state index in [2.05, 4.69) is 17.0 Å². The van der Waals surface area contributed by atoms with E-state index in [1.54, 1.807) is 24.0 Å². The van der Waals surface area contributed by atoms with Crippen LogP contribution in [0.1, 0.15) is 43.9 Å². The van der Waals surface area contributed by atoms with Crippen LogP contribution in [0.15, 0.2) is 42.7 Å². The van der Waals surface area contributed by atoms with E-state index in [9.17, 15) is 15.0 Å². The molecule has 2 bridgehead atoms. The molecule has 5 heterocycles. The first-order valence-corrected chi connectivity index (χ1v) is 13.4. The van der Waals surface area contributed by atoms with Crippen LogP contribution in [0.2, 0.25) is 0 Å². The summed E-state index contributed by atoms with van der Waals surface area (Å²) in [5, 5.41) is 23.6. The summed E-state index contributed by atoms with van der Waals surface area (Å²) in [4.78, 5) is 24.0. The Kier molecular flexibility index (Phi) is 6.51. The van der Waals surface area contributed by atoms with Crippen LogP contribution in [0.25, 0.3) is 28.0 Å². The highest BCUT2D eigenvalue weighted by atomic mass is 16.5. The van der Waals surface area contributed by atoms with Crippen molar-refractivity contribution in [2.45, 2.75) is 56.7 Å². The van der Waals surface area contributed by atoms with Crippen molar-refractivity contribution in [3.05, 3.63) is 54.0 Å². The molecule has 0 spiro atoms. The van der Waals surface area contributed by atoms with E-state index in [1.807, 2.05) is 35.2 Å². The van der Waals surface area contributed by atoms with Crippen LogP contribution in [-0.4, -0.2) is 74.2 Å². The van der Waals surface area contributed by atoms with E-state index >= 15 is 0 Å². The minimum absolute atomic E-state index is 0.0347. The Labute approximate surface area is 233 Å². The Balaban J connectivity index is 1.36. The van der Waals surface area contributed by atoms with Gasteiger partial charge in [0.15, 0.2) is 5.65 Å². The molecule has 2 atom stereocenters. The maximum absolute atomic E-state index is 12.4. The number of rotatable bonds is 6. The third-order valence-electron chi connectivity index (χ3n) is 8.53. The van der Waals surface area contributed by atoms with Crippen molar-refractivity contribution in [3.8, 4) is 28.1 Å². The van der Waals surface area contributed by atoms with E-state index in [0.29, 0.717) is 46.8 Å². The molecule has 2 fully saturated rings. The van der Waals surface area contributed by atoms with Gasteiger partial charge in [-0.05, 0) is 55.4 Å². The molecule has 10 nitrogen and oxygen atoms in total. The van der Waals surface area contributed by atoms with Crippen molar-refractivity contribution in [2.75, 3.05) is 19.5 Å². The van der Waals surface area contributed by atoms with Crippen molar-refractivity contribution in [3.63, 3.8) is 0 Å². The molecule has 2 aliphatic rings. The third kappa shape index (κ3) is 4.12. The summed E-state index contributed by atoms with van der Waals surface area (Å²) in [6, 6.07) is 9.52. The molecule has 2 radical (unpaired) electrons. The molecule has 3 aromatic heterocycles. The van der Waals surface area contributed by atoms with Gasteiger partial charge in [0.25, 0.3) is 0 Å². The van der Waals surface area contributed by atoms with Crippen molar-refractivity contribution in [1.82, 2.24) is 24.5 Å². The number of nitrogens with two attached hydrogens (primary N) is 1. The number of aliphatic hydroxyl groups excluding tert-OH is 2. The number of carbonyl (C=O) groups is 1. The predicted octanol–water partition coefficient (Wildman–Crippen LogP) is 1.74. The molecule has 1 amide bonds. The minimum Gasteiger partial charge on any atom is -0.496 e. The zero-order chi connectivity index (χ0) is 28.2.